The van der Waals surface area contributed by atoms with E-state index < -0.39 is 18.4 Å². The molecule has 0 amide bonds. The van der Waals surface area contributed by atoms with Crippen LogP contribution < -0.4 is 5.32 Å². The number of aromatic nitrogens is 4. The first-order chi connectivity index (χ1) is 16.3. The lowest BCUT2D eigenvalue weighted by atomic mass is 10.0. The molecule has 0 bridgehead atoms. The standard InChI is InChI=1S/C24H21F4N5O/c1-14(12-25)15-5-7-16(8-6-15)30-22-17-9-10-19(31-23(17)33-20(32-22)13-34-2)21-18(24(26,27)28)4-3-11-29-21/h3-11,14H,12-13H2,1-2H3,(H,30,31,32,33). The van der Waals surface area contributed by atoms with Crippen molar-refractivity contribution >= 4 is 22.5 Å². The van der Waals surface area contributed by atoms with Gasteiger partial charge in [-0.25, -0.2) is 15.0 Å². The predicted octanol–water partition coefficient (Wildman–Crippen LogP) is 6.07. The number of pyridine rings is 2. The third kappa shape index (κ3) is 4.96. The number of benzene rings is 1. The van der Waals surface area contributed by atoms with E-state index in [-0.39, 0.29) is 29.6 Å². The molecule has 1 unspecified atom stereocenters. The van der Waals surface area contributed by atoms with E-state index in [2.05, 4.69) is 25.3 Å². The molecule has 0 radical (unpaired) electrons. The van der Waals surface area contributed by atoms with E-state index in [4.69, 9.17) is 4.74 Å². The Balaban J connectivity index is 1.77. The van der Waals surface area contributed by atoms with Gasteiger partial charge in [0.2, 0.25) is 0 Å². The zero-order valence-electron chi connectivity index (χ0n) is 18.4. The molecule has 6 nitrogen and oxygen atoms in total. The normalized spacial score (nSPS) is 12.6. The van der Waals surface area contributed by atoms with Crippen LogP contribution in [-0.4, -0.2) is 33.7 Å². The lowest BCUT2D eigenvalue weighted by Crippen LogP contribution is -2.09. The van der Waals surface area contributed by atoms with E-state index in [0.29, 0.717) is 22.7 Å². The fraction of sp³-hybridized carbons (Fsp3) is 0.250. The highest BCUT2D eigenvalue weighted by molar-refractivity contribution is 5.90. The fourth-order valence-corrected chi connectivity index (χ4v) is 3.43. The van der Waals surface area contributed by atoms with Gasteiger partial charge in [0.05, 0.1) is 23.3 Å². The number of hydrogen-bond acceptors (Lipinski definition) is 6. The molecule has 3 aromatic heterocycles. The summed E-state index contributed by atoms with van der Waals surface area (Å²) in [5.41, 5.74) is 0.639. The molecule has 0 saturated heterocycles. The Morgan fingerprint density at radius 3 is 2.44 bits per heavy atom. The number of nitrogens with zero attached hydrogens (tertiary/aromatic N) is 4. The first-order valence-electron chi connectivity index (χ1n) is 10.4. The largest absolute Gasteiger partial charge is 0.418 e. The summed E-state index contributed by atoms with van der Waals surface area (Å²) in [5.74, 6) is 0.513. The number of ether oxygens (including phenoxy) is 1. The summed E-state index contributed by atoms with van der Waals surface area (Å²) in [6, 6.07) is 12.5. The number of methoxy groups -OCH3 is 1. The summed E-state index contributed by atoms with van der Waals surface area (Å²) >= 11 is 0. The number of rotatable bonds is 7. The molecule has 1 aromatic carbocycles. The number of nitrogens with one attached hydrogen (secondary N) is 1. The van der Waals surface area contributed by atoms with Crippen molar-refractivity contribution in [1.82, 2.24) is 19.9 Å². The molecule has 10 heteroatoms. The quantitative estimate of drug-likeness (QED) is 0.330. The number of halogens is 4. The Morgan fingerprint density at radius 1 is 1.00 bits per heavy atom. The smallest absolute Gasteiger partial charge is 0.377 e. The molecule has 0 spiro atoms. The molecule has 4 rings (SSSR count). The Kier molecular flexibility index (Phi) is 6.69. The van der Waals surface area contributed by atoms with Crippen molar-refractivity contribution in [3.63, 3.8) is 0 Å². The van der Waals surface area contributed by atoms with Crippen molar-refractivity contribution < 1.29 is 22.3 Å². The lowest BCUT2D eigenvalue weighted by Gasteiger charge is -2.14. The summed E-state index contributed by atoms with van der Waals surface area (Å²) in [5, 5.41) is 3.70. The molecule has 34 heavy (non-hydrogen) atoms. The third-order valence-corrected chi connectivity index (χ3v) is 5.21. The molecule has 0 saturated carbocycles. The van der Waals surface area contributed by atoms with E-state index in [0.717, 1.165) is 11.6 Å². The van der Waals surface area contributed by atoms with Gasteiger partial charge in [-0.1, -0.05) is 19.1 Å². The van der Waals surface area contributed by atoms with E-state index in [9.17, 15) is 17.6 Å². The maximum Gasteiger partial charge on any atom is 0.418 e. The minimum Gasteiger partial charge on any atom is -0.377 e. The molecule has 0 fully saturated rings. The van der Waals surface area contributed by atoms with E-state index in [1.165, 1.54) is 25.4 Å². The van der Waals surface area contributed by atoms with Gasteiger partial charge < -0.3 is 10.1 Å². The molecule has 176 valence electrons. The van der Waals surface area contributed by atoms with Crippen LogP contribution >= 0.6 is 0 Å². The van der Waals surface area contributed by atoms with Crippen molar-refractivity contribution in [1.29, 1.82) is 0 Å². The summed E-state index contributed by atoms with van der Waals surface area (Å²) in [7, 11) is 1.48. The maximum atomic E-state index is 13.5. The summed E-state index contributed by atoms with van der Waals surface area (Å²) < 4.78 is 58.5. The van der Waals surface area contributed by atoms with Crippen molar-refractivity contribution in [3.8, 4) is 11.4 Å². The van der Waals surface area contributed by atoms with Gasteiger partial charge in [-0.3, -0.25) is 9.37 Å². The van der Waals surface area contributed by atoms with Crippen LogP contribution in [0.4, 0.5) is 29.1 Å². The van der Waals surface area contributed by atoms with Crippen LogP contribution in [0.2, 0.25) is 0 Å². The molecular weight excluding hydrogens is 450 g/mol. The molecule has 1 N–H and O–H groups in total. The average Bonchev–Trinajstić information content (AvgIpc) is 2.83. The van der Waals surface area contributed by atoms with Gasteiger partial charge in [-0.15, -0.1) is 0 Å². The van der Waals surface area contributed by atoms with Gasteiger partial charge in [0.1, 0.15) is 18.1 Å². The first kappa shape index (κ1) is 23.5. The molecule has 0 aliphatic carbocycles. The highest BCUT2D eigenvalue weighted by atomic mass is 19.4. The second-order valence-corrected chi connectivity index (χ2v) is 7.69. The molecule has 3 heterocycles. The van der Waals surface area contributed by atoms with Gasteiger partial charge in [-0.05, 0) is 42.0 Å². The number of fused-ring (bicyclic) bond motifs is 1. The van der Waals surface area contributed by atoms with Gasteiger partial charge in [0, 0.05) is 24.9 Å². The highest BCUT2D eigenvalue weighted by Gasteiger charge is 2.34. The van der Waals surface area contributed by atoms with Gasteiger partial charge in [0.25, 0.3) is 0 Å². The Hall–Kier alpha value is -3.66. The fourth-order valence-electron chi connectivity index (χ4n) is 3.43. The summed E-state index contributed by atoms with van der Waals surface area (Å²) in [6.45, 7) is 1.43. The first-order valence-corrected chi connectivity index (χ1v) is 10.4. The maximum absolute atomic E-state index is 13.5. The number of alkyl halides is 4. The van der Waals surface area contributed by atoms with Crippen LogP contribution in [-0.2, 0) is 17.5 Å². The molecule has 1 atom stereocenters. The average molecular weight is 471 g/mol. The van der Waals surface area contributed by atoms with Gasteiger partial charge in [-0.2, -0.15) is 13.2 Å². The summed E-state index contributed by atoms with van der Waals surface area (Å²) in [4.78, 5) is 17.1. The van der Waals surface area contributed by atoms with Crippen molar-refractivity contribution in [2.45, 2.75) is 25.6 Å². The lowest BCUT2D eigenvalue weighted by molar-refractivity contribution is -0.137. The minimum atomic E-state index is -4.58. The Bertz CT molecular complexity index is 1300. The second-order valence-electron chi connectivity index (χ2n) is 7.69. The number of hydrogen-bond donors (Lipinski definition) is 1. The van der Waals surface area contributed by atoms with Crippen LogP contribution in [0.1, 0.15) is 29.8 Å². The molecule has 0 aliphatic heterocycles. The van der Waals surface area contributed by atoms with Crippen molar-refractivity contribution in [3.05, 3.63) is 71.7 Å². The summed E-state index contributed by atoms with van der Waals surface area (Å²) in [6.07, 6.45) is -3.29. The van der Waals surface area contributed by atoms with E-state index in [1.54, 1.807) is 25.1 Å². The topological polar surface area (TPSA) is 72.8 Å². The molecule has 0 aliphatic rings. The highest BCUT2D eigenvalue weighted by Crippen LogP contribution is 2.36. The zero-order chi connectivity index (χ0) is 24.3. The van der Waals surface area contributed by atoms with E-state index in [1.807, 2.05) is 12.1 Å². The van der Waals surface area contributed by atoms with Gasteiger partial charge >= 0.3 is 6.18 Å². The minimum absolute atomic E-state index is 0.0398. The third-order valence-electron chi connectivity index (χ3n) is 5.21. The molecule has 4 aromatic rings. The Morgan fingerprint density at radius 2 is 1.76 bits per heavy atom. The van der Waals surface area contributed by atoms with Crippen molar-refractivity contribution in [2.24, 2.45) is 0 Å². The van der Waals surface area contributed by atoms with Crippen molar-refractivity contribution in [2.75, 3.05) is 19.1 Å². The predicted molar refractivity (Wildman–Crippen MR) is 120 cm³/mol. The Labute approximate surface area is 193 Å². The molecular formula is C24H21F4N5O. The monoisotopic (exact) mass is 471 g/mol. The van der Waals surface area contributed by atoms with Crippen LogP contribution in [0.25, 0.3) is 22.4 Å². The van der Waals surface area contributed by atoms with Gasteiger partial charge in [0.15, 0.2) is 11.5 Å². The second kappa shape index (κ2) is 9.68. The van der Waals surface area contributed by atoms with Crippen LogP contribution in [0.15, 0.2) is 54.7 Å². The number of anilines is 2. The SMILES string of the molecule is COCc1nc(Nc2ccc(C(C)CF)cc2)c2ccc(-c3ncccc3C(F)(F)F)nc2n1. The zero-order valence-corrected chi connectivity index (χ0v) is 18.4. The van der Waals surface area contributed by atoms with Crippen LogP contribution in [0.5, 0.6) is 0 Å². The van der Waals surface area contributed by atoms with Crippen LogP contribution in [0.3, 0.4) is 0 Å². The van der Waals surface area contributed by atoms with E-state index >= 15 is 0 Å². The van der Waals surface area contributed by atoms with Crippen LogP contribution in [0, 0.1) is 0 Å².